The van der Waals surface area contributed by atoms with Crippen LogP contribution in [0, 0.1) is 0 Å². The fourth-order valence-corrected chi connectivity index (χ4v) is 2.21. The van der Waals surface area contributed by atoms with Crippen LogP contribution >= 0.6 is 27.5 Å². The number of likely N-dealkylation sites (N-methyl/N-ethyl adjacent to an activating group) is 1. The van der Waals surface area contributed by atoms with E-state index in [1.54, 1.807) is 0 Å². The number of rotatable bonds is 6. The molecule has 0 aliphatic rings. The zero-order valence-corrected chi connectivity index (χ0v) is 11.9. The van der Waals surface area contributed by atoms with Crippen molar-refractivity contribution in [3.63, 3.8) is 0 Å². The molecule has 0 aromatic heterocycles. The van der Waals surface area contributed by atoms with Gasteiger partial charge in [0.25, 0.3) is 0 Å². The van der Waals surface area contributed by atoms with Crippen molar-refractivity contribution in [2.45, 2.75) is 19.4 Å². The van der Waals surface area contributed by atoms with Crippen LogP contribution < -0.4 is 5.32 Å². The maximum absolute atomic E-state index is 6.17. The lowest BCUT2D eigenvalue weighted by molar-refractivity contribution is 0.125. The third-order valence-electron chi connectivity index (χ3n) is 2.41. The minimum atomic E-state index is 0.304. The van der Waals surface area contributed by atoms with Crippen LogP contribution in [0.15, 0.2) is 22.7 Å². The van der Waals surface area contributed by atoms with Crippen LogP contribution in [0.4, 0.5) is 0 Å². The first kappa shape index (κ1) is 14.0. The van der Waals surface area contributed by atoms with E-state index in [0.717, 1.165) is 28.1 Å². The first-order chi connectivity index (χ1) is 7.67. The Labute approximate surface area is 110 Å². The zero-order chi connectivity index (χ0) is 12.0. The highest BCUT2D eigenvalue weighted by Gasteiger charge is 2.09. The number of benzene rings is 1. The molecule has 0 heterocycles. The molecule has 0 saturated carbocycles. The Morgan fingerprint density at radius 1 is 1.50 bits per heavy atom. The Hall–Kier alpha value is -0.0900. The Morgan fingerprint density at radius 2 is 2.25 bits per heavy atom. The van der Waals surface area contributed by atoms with Gasteiger partial charge < -0.3 is 10.1 Å². The summed E-state index contributed by atoms with van der Waals surface area (Å²) in [6.45, 7) is 3.45. The lowest BCUT2D eigenvalue weighted by Gasteiger charge is -2.16. The lowest BCUT2D eigenvalue weighted by atomic mass is 10.1. The van der Waals surface area contributed by atoms with Crippen molar-refractivity contribution in [1.82, 2.24) is 5.32 Å². The zero-order valence-electron chi connectivity index (χ0n) is 9.59. The van der Waals surface area contributed by atoms with E-state index in [1.165, 1.54) is 0 Å². The van der Waals surface area contributed by atoms with Crippen molar-refractivity contribution in [3.05, 3.63) is 33.3 Å². The average Bonchev–Trinajstić information content (AvgIpc) is 2.27. The number of ether oxygens (including phenoxy) is 1. The Balaban J connectivity index is 2.62. The van der Waals surface area contributed by atoms with Crippen LogP contribution in [0.2, 0.25) is 5.02 Å². The van der Waals surface area contributed by atoms with Gasteiger partial charge in [0.15, 0.2) is 0 Å². The van der Waals surface area contributed by atoms with Gasteiger partial charge in [-0.1, -0.05) is 33.6 Å². The Morgan fingerprint density at radius 3 is 2.81 bits per heavy atom. The first-order valence-corrected chi connectivity index (χ1v) is 6.53. The molecule has 1 rings (SSSR count). The molecular weight excluding hydrogens is 289 g/mol. The van der Waals surface area contributed by atoms with Gasteiger partial charge in [0.1, 0.15) is 0 Å². The average molecular weight is 307 g/mol. The number of halogens is 2. The van der Waals surface area contributed by atoms with E-state index in [1.807, 2.05) is 32.2 Å². The van der Waals surface area contributed by atoms with Gasteiger partial charge in [0.2, 0.25) is 0 Å². The van der Waals surface area contributed by atoms with Gasteiger partial charge in [0, 0.05) is 22.1 Å². The molecule has 0 saturated heterocycles. The summed E-state index contributed by atoms with van der Waals surface area (Å²) in [6, 6.07) is 6.28. The van der Waals surface area contributed by atoms with Crippen molar-refractivity contribution >= 4 is 27.5 Å². The molecule has 0 spiro atoms. The smallest absolute Gasteiger partial charge is 0.0622 e. The maximum Gasteiger partial charge on any atom is 0.0622 e. The van der Waals surface area contributed by atoms with Gasteiger partial charge in [-0.3, -0.25) is 0 Å². The molecule has 16 heavy (non-hydrogen) atoms. The largest absolute Gasteiger partial charge is 0.380 e. The van der Waals surface area contributed by atoms with Crippen LogP contribution in [0.3, 0.4) is 0 Å². The SMILES string of the molecule is CCOCC(Cc1ccc(Br)cc1Cl)NC. The van der Waals surface area contributed by atoms with E-state index < -0.39 is 0 Å². The summed E-state index contributed by atoms with van der Waals surface area (Å²) in [5, 5.41) is 4.03. The standard InChI is InChI=1S/C12H17BrClNO/c1-3-16-8-11(15-2)6-9-4-5-10(13)7-12(9)14/h4-5,7,11,15H,3,6,8H2,1-2H3. The molecule has 1 unspecified atom stereocenters. The number of hydrogen-bond acceptors (Lipinski definition) is 2. The lowest BCUT2D eigenvalue weighted by Crippen LogP contribution is -2.32. The molecule has 2 nitrogen and oxygen atoms in total. The van der Waals surface area contributed by atoms with Crippen molar-refractivity contribution in [1.29, 1.82) is 0 Å². The van der Waals surface area contributed by atoms with E-state index in [-0.39, 0.29) is 0 Å². The summed E-state index contributed by atoms with van der Waals surface area (Å²) in [6.07, 6.45) is 0.878. The normalized spacial score (nSPS) is 12.8. The molecule has 1 N–H and O–H groups in total. The minimum Gasteiger partial charge on any atom is -0.380 e. The third-order valence-corrected chi connectivity index (χ3v) is 3.26. The Kier molecular flexibility index (Phi) is 6.36. The van der Waals surface area contributed by atoms with Crippen LogP contribution in [0.1, 0.15) is 12.5 Å². The minimum absolute atomic E-state index is 0.304. The van der Waals surface area contributed by atoms with Crippen molar-refractivity contribution < 1.29 is 4.74 Å². The quantitative estimate of drug-likeness (QED) is 0.871. The number of nitrogens with one attached hydrogen (secondary N) is 1. The van der Waals surface area contributed by atoms with Crippen LogP contribution in [0.25, 0.3) is 0 Å². The van der Waals surface area contributed by atoms with Gasteiger partial charge in [-0.15, -0.1) is 0 Å². The highest BCUT2D eigenvalue weighted by molar-refractivity contribution is 9.10. The van der Waals surface area contributed by atoms with Crippen LogP contribution in [-0.2, 0) is 11.2 Å². The van der Waals surface area contributed by atoms with E-state index in [0.29, 0.717) is 12.6 Å². The third kappa shape index (κ3) is 4.42. The fraction of sp³-hybridized carbons (Fsp3) is 0.500. The van der Waals surface area contributed by atoms with Crippen molar-refractivity contribution in [2.24, 2.45) is 0 Å². The molecule has 0 aliphatic carbocycles. The van der Waals surface area contributed by atoms with Gasteiger partial charge in [-0.05, 0) is 38.1 Å². The van der Waals surface area contributed by atoms with Crippen LogP contribution in [0.5, 0.6) is 0 Å². The summed E-state index contributed by atoms with van der Waals surface area (Å²) in [4.78, 5) is 0. The second kappa shape index (κ2) is 7.28. The maximum atomic E-state index is 6.17. The van der Waals surface area contributed by atoms with Gasteiger partial charge in [-0.2, -0.15) is 0 Å². The predicted octanol–water partition coefficient (Wildman–Crippen LogP) is 3.27. The van der Waals surface area contributed by atoms with Gasteiger partial charge in [-0.25, -0.2) is 0 Å². The predicted molar refractivity (Wildman–Crippen MR) is 72.2 cm³/mol. The summed E-state index contributed by atoms with van der Waals surface area (Å²) >= 11 is 9.56. The summed E-state index contributed by atoms with van der Waals surface area (Å²) in [7, 11) is 1.94. The molecular formula is C12H17BrClNO. The van der Waals surface area contributed by atoms with E-state index in [4.69, 9.17) is 16.3 Å². The Bertz CT molecular complexity index is 333. The summed E-state index contributed by atoms with van der Waals surface area (Å²) < 4.78 is 6.41. The summed E-state index contributed by atoms with van der Waals surface area (Å²) in [5.41, 5.74) is 1.14. The van der Waals surface area contributed by atoms with E-state index >= 15 is 0 Å². The summed E-state index contributed by atoms with van der Waals surface area (Å²) in [5.74, 6) is 0. The second-order valence-corrected chi connectivity index (χ2v) is 4.91. The van der Waals surface area contributed by atoms with E-state index in [2.05, 4.69) is 21.2 Å². The molecule has 0 amide bonds. The molecule has 90 valence electrons. The molecule has 1 aromatic rings. The highest BCUT2D eigenvalue weighted by atomic mass is 79.9. The van der Waals surface area contributed by atoms with Crippen molar-refractivity contribution in [2.75, 3.05) is 20.3 Å². The van der Waals surface area contributed by atoms with Crippen molar-refractivity contribution in [3.8, 4) is 0 Å². The molecule has 0 radical (unpaired) electrons. The topological polar surface area (TPSA) is 21.3 Å². The van der Waals surface area contributed by atoms with Gasteiger partial charge >= 0.3 is 0 Å². The second-order valence-electron chi connectivity index (χ2n) is 3.58. The number of hydrogen-bond donors (Lipinski definition) is 1. The molecule has 0 fully saturated rings. The molecule has 1 atom stereocenters. The fourth-order valence-electron chi connectivity index (χ4n) is 1.46. The van der Waals surface area contributed by atoms with Gasteiger partial charge in [0.05, 0.1) is 6.61 Å². The van der Waals surface area contributed by atoms with Crippen LogP contribution in [-0.4, -0.2) is 26.3 Å². The monoisotopic (exact) mass is 305 g/mol. The van der Waals surface area contributed by atoms with E-state index in [9.17, 15) is 0 Å². The molecule has 0 aliphatic heterocycles. The first-order valence-electron chi connectivity index (χ1n) is 5.36. The molecule has 4 heteroatoms. The molecule has 0 bridgehead atoms. The highest BCUT2D eigenvalue weighted by Crippen LogP contribution is 2.22. The molecule has 1 aromatic carbocycles.